The van der Waals surface area contributed by atoms with E-state index in [-0.39, 0.29) is 24.4 Å². The van der Waals surface area contributed by atoms with E-state index in [2.05, 4.69) is 11.0 Å². The van der Waals surface area contributed by atoms with E-state index < -0.39 is 5.60 Å². The van der Waals surface area contributed by atoms with Crippen molar-refractivity contribution in [1.29, 1.82) is 0 Å². The summed E-state index contributed by atoms with van der Waals surface area (Å²) in [5.74, 6) is 0.630. The minimum atomic E-state index is -0.642. The molecular weight excluding hydrogens is 304 g/mol. The molecule has 3 N–H and O–H groups in total. The average Bonchev–Trinajstić information content (AvgIpc) is 2.55. The third-order valence-electron chi connectivity index (χ3n) is 5.57. The van der Waals surface area contributed by atoms with E-state index >= 15 is 0 Å². The van der Waals surface area contributed by atoms with Crippen molar-refractivity contribution < 1.29 is 14.6 Å². The van der Waals surface area contributed by atoms with Crippen molar-refractivity contribution >= 4 is 5.91 Å². The Labute approximate surface area is 143 Å². The summed E-state index contributed by atoms with van der Waals surface area (Å²) in [4.78, 5) is 13.7. The van der Waals surface area contributed by atoms with Gasteiger partial charge in [0.2, 0.25) is 5.91 Å². The van der Waals surface area contributed by atoms with Gasteiger partial charge in [-0.25, -0.2) is 0 Å². The van der Waals surface area contributed by atoms with E-state index in [1.807, 2.05) is 25.1 Å². The van der Waals surface area contributed by atoms with Crippen molar-refractivity contribution in [2.24, 2.45) is 11.7 Å². The van der Waals surface area contributed by atoms with Gasteiger partial charge < -0.3 is 15.6 Å². The lowest BCUT2D eigenvalue weighted by atomic mass is 9.66. The zero-order chi connectivity index (χ0) is 17.2. The van der Waals surface area contributed by atoms with E-state index in [1.54, 1.807) is 0 Å². The lowest BCUT2D eigenvalue weighted by Crippen LogP contribution is -2.56. The van der Waals surface area contributed by atoms with Gasteiger partial charge in [-0.15, -0.1) is 0 Å². The zero-order valence-corrected chi connectivity index (χ0v) is 14.4. The number of para-hydroxylation sites is 1. The van der Waals surface area contributed by atoms with E-state index in [0.717, 1.165) is 37.0 Å². The number of benzene rings is 1. The van der Waals surface area contributed by atoms with Gasteiger partial charge in [0.05, 0.1) is 18.8 Å². The fourth-order valence-corrected chi connectivity index (χ4v) is 4.55. The molecule has 3 atom stereocenters. The Morgan fingerprint density at radius 3 is 2.92 bits per heavy atom. The van der Waals surface area contributed by atoms with Gasteiger partial charge in [-0.05, 0) is 32.3 Å². The van der Waals surface area contributed by atoms with Crippen LogP contribution in [0.15, 0.2) is 24.3 Å². The summed E-state index contributed by atoms with van der Waals surface area (Å²) < 4.78 is 5.83. The predicted octanol–water partition coefficient (Wildman–Crippen LogP) is 2.24. The van der Waals surface area contributed by atoms with Crippen LogP contribution in [0.1, 0.15) is 50.6 Å². The predicted molar refractivity (Wildman–Crippen MR) is 92.6 cm³/mol. The highest BCUT2D eigenvalue weighted by atomic mass is 16.5. The third kappa shape index (κ3) is 3.28. The van der Waals surface area contributed by atoms with E-state index in [0.29, 0.717) is 19.6 Å². The number of carbonyl (C=O) groups excluding carboxylic acids is 1. The number of piperidine rings is 1. The summed E-state index contributed by atoms with van der Waals surface area (Å²) in [6.45, 7) is 3.46. The number of nitrogens with zero attached hydrogens (tertiary/aromatic N) is 1. The number of primary amides is 1. The number of aliphatic hydroxyl groups is 1. The first-order valence-electron chi connectivity index (χ1n) is 9.01. The number of hydrogen-bond donors (Lipinski definition) is 2. The monoisotopic (exact) mass is 332 g/mol. The topological polar surface area (TPSA) is 75.8 Å². The standard InChI is InChI=1S/C19H28N2O3/c1-2-24-16-9-4-3-7-14(16)18-15-8-5-6-10-19(15,23)11-12-21(18)13-17(20)22/h3-4,7,9,15,18,23H,2,5-6,8,10-13H2,1H3,(H2,20,22)/t15-,18-,19+/m1/s1. The highest BCUT2D eigenvalue weighted by Crippen LogP contribution is 2.50. The average molecular weight is 332 g/mol. The van der Waals surface area contributed by atoms with Gasteiger partial charge in [0.15, 0.2) is 0 Å². The van der Waals surface area contributed by atoms with Crippen molar-refractivity contribution in [3.63, 3.8) is 0 Å². The van der Waals surface area contributed by atoms with Gasteiger partial charge in [0.25, 0.3) is 0 Å². The van der Waals surface area contributed by atoms with E-state index in [4.69, 9.17) is 10.5 Å². The molecule has 1 aliphatic heterocycles. The minimum Gasteiger partial charge on any atom is -0.494 e. The lowest BCUT2D eigenvalue weighted by molar-refractivity contribution is -0.136. The molecule has 0 radical (unpaired) electrons. The number of likely N-dealkylation sites (tertiary alicyclic amines) is 1. The van der Waals surface area contributed by atoms with Crippen molar-refractivity contribution in [2.45, 2.75) is 50.7 Å². The van der Waals surface area contributed by atoms with Crippen LogP contribution >= 0.6 is 0 Å². The molecule has 5 heteroatoms. The first-order chi connectivity index (χ1) is 11.5. The Bertz CT molecular complexity index is 592. The Balaban J connectivity index is 2.01. The fraction of sp³-hybridized carbons (Fsp3) is 0.632. The van der Waals surface area contributed by atoms with Gasteiger partial charge in [0, 0.05) is 24.1 Å². The molecule has 1 saturated heterocycles. The Morgan fingerprint density at radius 2 is 2.17 bits per heavy atom. The van der Waals surface area contributed by atoms with E-state index in [1.165, 1.54) is 0 Å². The van der Waals surface area contributed by atoms with Gasteiger partial charge >= 0.3 is 0 Å². The molecule has 1 aromatic rings. The summed E-state index contributed by atoms with van der Waals surface area (Å²) >= 11 is 0. The van der Waals surface area contributed by atoms with Crippen molar-refractivity contribution in [3.05, 3.63) is 29.8 Å². The summed E-state index contributed by atoms with van der Waals surface area (Å²) in [5, 5.41) is 11.2. The van der Waals surface area contributed by atoms with Crippen molar-refractivity contribution in [3.8, 4) is 5.75 Å². The molecule has 1 aliphatic carbocycles. The van der Waals surface area contributed by atoms with Gasteiger partial charge in [-0.2, -0.15) is 0 Å². The summed E-state index contributed by atoms with van der Waals surface area (Å²) in [7, 11) is 0. The Hall–Kier alpha value is -1.59. The van der Waals surface area contributed by atoms with Crippen molar-refractivity contribution in [2.75, 3.05) is 19.7 Å². The molecule has 1 saturated carbocycles. The molecule has 1 amide bonds. The van der Waals surface area contributed by atoms with Crippen LogP contribution in [0, 0.1) is 5.92 Å². The number of amides is 1. The molecule has 132 valence electrons. The number of rotatable bonds is 5. The summed E-state index contributed by atoms with van der Waals surface area (Å²) in [6, 6.07) is 7.96. The van der Waals surface area contributed by atoms with Crippen LogP contribution in [0.2, 0.25) is 0 Å². The molecule has 5 nitrogen and oxygen atoms in total. The van der Waals surface area contributed by atoms with Crippen molar-refractivity contribution in [1.82, 2.24) is 4.90 Å². The van der Waals surface area contributed by atoms with E-state index in [9.17, 15) is 9.90 Å². The molecule has 1 heterocycles. The highest BCUT2D eigenvalue weighted by molar-refractivity contribution is 5.76. The van der Waals surface area contributed by atoms with Crippen LogP contribution < -0.4 is 10.5 Å². The normalized spacial score (nSPS) is 30.6. The molecule has 0 bridgehead atoms. The van der Waals surface area contributed by atoms with Crippen LogP contribution in [-0.2, 0) is 4.79 Å². The second-order valence-corrected chi connectivity index (χ2v) is 7.06. The number of hydrogen-bond acceptors (Lipinski definition) is 4. The first-order valence-corrected chi connectivity index (χ1v) is 9.01. The van der Waals surface area contributed by atoms with Crippen LogP contribution in [0.5, 0.6) is 5.75 Å². The number of ether oxygens (including phenoxy) is 1. The van der Waals surface area contributed by atoms with Crippen LogP contribution in [0.3, 0.4) is 0 Å². The maximum absolute atomic E-state index is 11.6. The second kappa shape index (κ2) is 7.11. The molecule has 3 rings (SSSR count). The number of nitrogens with two attached hydrogens (primary N) is 1. The smallest absolute Gasteiger partial charge is 0.231 e. The van der Waals surface area contributed by atoms with Gasteiger partial charge in [-0.3, -0.25) is 9.69 Å². The van der Waals surface area contributed by atoms with Crippen LogP contribution in [0.25, 0.3) is 0 Å². The molecule has 1 aromatic carbocycles. The first kappa shape index (κ1) is 17.2. The molecule has 24 heavy (non-hydrogen) atoms. The Morgan fingerprint density at radius 1 is 1.38 bits per heavy atom. The third-order valence-corrected chi connectivity index (χ3v) is 5.57. The minimum absolute atomic E-state index is 0.0284. The summed E-state index contributed by atoms with van der Waals surface area (Å²) in [5.41, 5.74) is 5.91. The highest BCUT2D eigenvalue weighted by Gasteiger charge is 2.49. The number of carbonyl (C=O) groups is 1. The fourth-order valence-electron chi connectivity index (χ4n) is 4.55. The quantitative estimate of drug-likeness (QED) is 0.867. The SMILES string of the molecule is CCOc1ccccc1[C@@H]1[C@H]2CCCC[C@]2(O)CCN1CC(N)=O. The van der Waals surface area contributed by atoms with Crippen LogP contribution in [-0.4, -0.2) is 41.2 Å². The molecule has 2 aliphatic rings. The second-order valence-electron chi connectivity index (χ2n) is 7.06. The molecule has 0 unspecified atom stereocenters. The zero-order valence-electron chi connectivity index (χ0n) is 14.4. The molecule has 0 spiro atoms. The lowest BCUT2D eigenvalue weighted by Gasteiger charge is -2.52. The van der Waals surface area contributed by atoms with Crippen LogP contribution in [0.4, 0.5) is 0 Å². The maximum Gasteiger partial charge on any atom is 0.231 e. The molecular formula is C19H28N2O3. The summed E-state index contributed by atoms with van der Waals surface area (Å²) in [6.07, 6.45) is 4.71. The van der Waals surface area contributed by atoms with Gasteiger partial charge in [0.1, 0.15) is 5.75 Å². The molecule has 0 aromatic heterocycles. The van der Waals surface area contributed by atoms with Gasteiger partial charge in [-0.1, -0.05) is 31.0 Å². The maximum atomic E-state index is 11.6. The number of fused-ring (bicyclic) bond motifs is 1. The largest absolute Gasteiger partial charge is 0.494 e. The Kier molecular flexibility index (Phi) is 5.11. The molecule has 2 fully saturated rings.